The highest BCUT2D eigenvalue weighted by atomic mass is 35.5. The Morgan fingerprint density at radius 1 is 1.37 bits per heavy atom. The molecule has 3 nitrogen and oxygen atoms in total. The van der Waals surface area contributed by atoms with E-state index in [0.717, 1.165) is 18.8 Å². The number of benzene rings is 1. The molecular weight excluding hydrogens is 265 g/mol. The summed E-state index contributed by atoms with van der Waals surface area (Å²) in [6, 6.07) is 6.76. The molecule has 0 bridgehead atoms. The van der Waals surface area contributed by atoms with Crippen molar-refractivity contribution in [1.29, 1.82) is 0 Å². The van der Waals surface area contributed by atoms with Crippen LogP contribution in [-0.4, -0.2) is 20.6 Å². The van der Waals surface area contributed by atoms with Crippen LogP contribution in [0.1, 0.15) is 30.7 Å². The summed E-state index contributed by atoms with van der Waals surface area (Å²) in [6.45, 7) is 2.91. The molecule has 0 radical (unpaired) electrons. The molecule has 1 atom stereocenters. The highest BCUT2D eigenvalue weighted by Crippen LogP contribution is 2.24. The van der Waals surface area contributed by atoms with E-state index >= 15 is 0 Å². The van der Waals surface area contributed by atoms with Crippen LogP contribution < -0.4 is 0 Å². The summed E-state index contributed by atoms with van der Waals surface area (Å²) in [5.41, 5.74) is 0.642. The second-order valence-electron chi connectivity index (χ2n) is 4.48. The van der Waals surface area contributed by atoms with Crippen molar-refractivity contribution in [3.8, 4) is 0 Å². The van der Waals surface area contributed by atoms with Crippen LogP contribution in [0.2, 0.25) is 0 Å². The van der Waals surface area contributed by atoms with E-state index in [-0.39, 0.29) is 11.7 Å². The molecule has 0 saturated heterocycles. The number of halogens is 2. The Hall–Kier alpha value is -1.42. The summed E-state index contributed by atoms with van der Waals surface area (Å²) in [6.07, 6.45) is 3.13. The minimum absolute atomic E-state index is 0.0809. The monoisotopic (exact) mass is 281 g/mol. The third-order valence-electron chi connectivity index (χ3n) is 3.09. The average molecular weight is 282 g/mol. The molecule has 0 aliphatic heterocycles. The zero-order valence-corrected chi connectivity index (χ0v) is 11.6. The van der Waals surface area contributed by atoms with E-state index in [9.17, 15) is 4.39 Å². The van der Waals surface area contributed by atoms with Gasteiger partial charge in [-0.15, -0.1) is 11.6 Å². The van der Waals surface area contributed by atoms with Gasteiger partial charge >= 0.3 is 0 Å². The lowest BCUT2D eigenvalue weighted by Gasteiger charge is -2.15. The van der Waals surface area contributed by atoms with Crippen LogP contribution in [0.15, 0.2) is 30.6 Å². The molecule has 5 heteroatoms. The van der Waals surface area contributed by atoms with Crippen LogP contribution in [-0.2, 0) is 13.0 Å². The molecule has 0 N–H and O–H groups in total. The minimum atomic E-state index is -0.213. The summed E-state index contributed by atoms with van der Waals surface area (Å²) in [5.74, 6) is 0.924. The maximum Gasteiger partial charge on any atom is 0.138 e. The first-order valence-corrected chi connectivity index (χ1v) is 6.96. The van der Waals surface area contributed by atoms with Gasteiger partial charge in [-0.3, -0.25) is 4.68 Å². The molecule has 0 fully saturated rings. The molecule has 0 amide bonds. The fourth-order valence-electron chi connectivity index (χ4n) is 2.12. The Morgan fingerprint density at radius 2 is 2.16 bits per heavy atom. The van der Waals surface area contributed by atoms with Gasteiger partial charge in [0, 0.05) is 24.8 Å². The highest BCUT2D eigenvalue weighted by Gasteiger charge is 2.18. The molecule has 2 rings (SSSR count). The summed E-state index contributed by atoms with van der Waals surface area (Å²) < 4.78 is 15.7. The number of nitrogens with zero attached hydrogens (tertiary/aromatic N) is 3. The Balaban J connectivity index is 2.19. The maximum absolute atomic E-state index is 13.8. The first kappa shape index (κ1) is 14.0. The number of alkyl halides is 1. The summed E-state index contributed by atoms with van der Waals surface area (Å²) in [4.78, 5) is 4.25. The lowest BCUT2D eigenvalue weighted by atomic mass is 9.96. The number of rotatable bonds is 6. The number of aromatic nitrogens is 3. The van der Waals surface area contributed by atoms with Crippen molar-refractivity contribution < 1.29 is 4.39 Å². The Bertz CT molecular complexity index is 527. The normalized spacial score (nSPS) is 12.6. The van der Waals surface area contributed by atoms with E-state index in [4.69, 9.17) is 11.6 Å². The second kappa shape index (κ2) is 6.66. The topological polar surface area (TPSA) is 30.7 Å². The molecule has 19 heavy (non-hydrogen) atoms. The van der Waals surface area contributed by atoms with Gasteiger partial charge in [0.05, 0.1) is 0 Å². The van der Waals surface area contributed by atoms with Gasteiger partial charge < -0.3 is 0 Å². The van der Waals surface area contributed by atoms with Crippen LogP contribution in [0.5, 0.6) is 0 Å². The lowest BCUT2D eigenvalue weighted by Crippen LogP contribution is -2.13. The van der Waals surface area contributed by atoms with Crippen molar-refractivity contribution in [3.63, 3.8) is 0 Å². The van der Waals surface area contributed by atoms with Gasteiger partial charge in [-0.2, -0.15) is 5.10 Å². The van der Waals surface area contributed by atoms with E-state index in [2.05, 4.69) is 17.0 Å². The van der Waals surface area contributed by atoms with Gasteiger partial charge in [-0.05, 0) is 18.1 Å². The van der Waals surface area contributed by atoms with Crippen molar-refractivity contribution in [3.05, 3.63) is 47.8 Å². The molecule has 0 spiro atoms. The predicted molar refractivity (Wildman–Crippen MR) is 73.9 cm³/mol. The van der Waals surface area contributed by atoms with Gasteiger partial charge in [-0.25, -0.2) is 9.37 Å². The summed E-state index contributed by atoms with van der Waals surface area (Å²) in [7, 11) is 0. The third kappa shape index (κ3) is 3.32. The van der Waals surface area contributed by atoms with Crippen LogP contribution in [0, 0.1) is 5.82 Å². The van der Waals surface area contributed by atoms with E-state index in [1.807, 2.05) is 10.7 Å². The predicted octanol–water partition coefficient (Wildman–Crippen LogP) is 3.39. The summed E-state index contributed by atoms with van der Waals surface area (Å²) in [5, 5.41) is 4.18. The number of aryl methyl sites for hydroxylation is 1. The van der Waals surface area contributed by atoms with E-state index < -0.39 is 0 Å². The third-order valence-corrected chi connectivity index (χ3v) is 3.46. The van der Waals surface area contributed by atoms with Crippen LogP contribution in [0.4, 0.5) is 4.39 Å². The first-order valence-electron chi connectivity index (χ1n) is 6.43. The Labute approximate surface area is 117 Å². The highest BCUT2D eigenvalue weighted by molar-refractivity contribution is 6.18. The van der Waals surface area contributed by atoms with Gasteiger partial charge in [0.15, 0.2) is 0 Å². The molecule has 0 saturated carbocycles. The van der Waals surface area contributed by atoms with Crippen LogP contribution in [0.25, 0.3) is 0 Å². The van der Waals surface area contributed by atoms with Crippen LogP contribution >= 0.6 is 11.6 Å². The molecule has 0 aliphatic rings. The standard InChI is InChI=1S/C14H17ClFN3/c1-2-7-19-14(17-10-18-19)8-11(9-15)12-5-3-4-6-13(12)16/h3-6,10-11H,2,7-9H2,1H3. The Kier molecular flexibility index (Phi) is 4.91. The van der Waals surface area contributed by atoms with Crippen molar-refractivity contribution in [2.75, 3.05) is 5.88 Å². The Morgan fingerprint density at radius 3 is 2.84 bits per heavy atom. The minimum Gasteiger partial charge on any atom is -0.250 e. The lowest BCUT2D eigenvalue weighted by molar-refractivity contribution is 0.541. The van der Waals surface area contributed by atoms with E-state index in [0.29, 0.717) is 17.9 Å². The quantitative estimate of drug-likeness (QED) is 0.760. The number of hydrogen-bond donors (Lipinski definition) is 0. The molecule has 2 aromatic rings. The van der Waals surface area contributed by atoms with Crippen molar-refractivity contribution in [2.45, 2.75) is 32.2 Å². The first-order chi connectivity index (χ1) is 9.26. The molecule has 1 aromatic heterocycles. The molecule has 1 aromatic carbocycles. The molecule has 0 aliphatic carbocycles. The molecule has 102 valence electrons. The van der Waals surface area contributed by atoms with Crippen LogP contribution in [0.3, 0.4) is 0 Å². The van der Waals surface area contributed by atoms with Crippen molar-refractivity contribution >= 4 is 11.6 Å². The average Bonchev–Trinajstić information content (AvgIpc) is 2.85. The fourth-order valence-corrected chi connectivity index (χ4v) is 2.39. The largest absolute Gasteiger partial charge is 0.250 e. The van der Waals surface area contributed by atoms with Crippen molar-refractivity contribution in [1.82, 2.24) is 14.8 Å². The maximum atomic E-state index is 13.8. The molecule has 1 unspecified atom stereocenters. The SMILES string of the molecule is CCCn1ncnc1CC(CCl)c1ccccc1F. The van der Waals surface area contributed by atoms with E-state index in [1.54, 1.807) is 12.1 Å². The second-order valence-corrected chi connectivity index (χ2v) is 4.78. The smallest absolute Gasteiger partial charge is 0.138 e. The summed E-state index contributed by atoms with van der Waals surface area (Å²) >= 11 is 6.00. The zero-order valence-electron chi connectivity index (χ0n) is 10.9. The molecule has 1 heterocycles. The van der Waals surface area contributed by atoms with Crippen molar-refractivity contribution in [2.24, 2.45) is 0 Å². The van der Waals surface area contributed by atoms with Gasteiger partial charge in [0.1, 0.15) is 18.0 Å². The number of hydrogen-bond acceptors (Lipinski definition) is 2. The molecular formula is C14H17ClFN3. The zero-order chi connectivity index (χ0) is 13.7. The van der Waals surface area contributed by atoms with Gasteiger partial charge in [0.2, 0.25) is 0 Å². The van der Waals surface area contributed by atoms with E-state index in [1.165, 1.54) is 12.4 Å². The fraction of sp³-hybridized carbons (Fsp3) is 0.429. The van der Waals surface area contributed by atoms with Gasteiger partial charge in [0.25, 0.3) is 0 Å². The van der Waals surface area contributed by atoms with Gasteiger partial charge in [-0.1, -0.05) is 25.1 Å².